The van der Waals surface area contributed by atoms with Gasteiger partial charge in [0, 0.05) is 66.2 Å². The van der Waals surface area contributed by atoms with Crippen LogP contribution in [-0.2, 0) is 9.59 Å². The fraction of sp³-hybridized carbons (Fsp3) is 0.500. The van der Waals surface area contributed by atoms with E-state index in [-0.39, 0.29) is 11.8 Å². The van der Waals surface area contributed by atoms with E-state index in [4.69, 9.17) is 9.97 Å². The number of carbonyl (C=O) groups excluding carboxylic acids is 2. The molecule has 2 aliphatic rings. The van der Waals surface area contributed by atoms with Crippen LogP contribution in [0.1, 0.15) is 13.8 Å². The van der Waals surface area contributed by atoms with E-state index >= 15 is 0 Å². The van der Waals surface area contributed by atoms with Gasteiger partial charge in [-0.3, -0.25) is 9.59 Å². The van der Waals surface area contributed by atoms with E-state index < -0.39 is 0 Å². The SMILES string of the molecule is CC(=O)N(c1nc2cc3nc(N(C(C)=O)N4CCNCC4)sc3cc2s1)N1CCNCC1. The van der Waals surface area contributed by atoms with Crippen molar-refractivity contribution in [2.45, 2.75) is 13.8 Å². The molecule has 10 nitrogen and oxygen atoms in total. The summed E-state index contributed by atoms with van der Waals surface area (Å²) in [4.78, 5) is 34.4. The average Bonchev–Trinajstić information content (AvgIpc) is 3.35. The lowest BCUT2D eigenvalue weighted by Gasteiger charge is -2.35. The summed E-state index contributed by atoms with van der Waals surface area (Å²) in [7, 11) is 0. The highest BCUT2D eigenvalue weighted by Gasteiger charge is 2.27. The van der Waals surface area contributed by atoms with Gasteiger partial charge >= 0.3 is 0 Å². The number of nitrogens with one attached hydrogen (secondary N) is 2. The number of amides is 2. The molecule has 170 valence electrons. The minimum atomic E-state index is -0.0405. The van der Waals surface area contributed by atoms with Crippen molar-refractivity contribution in [1.82, 2.24) is 30.6 Å². The van der Waals surface area contributed by atoms with E-state index in [0.717, 1.165) is 72.8 Å². The number of hydrogen-bond donors (Lipinski definition) is 2. The van der Waals surface area contributed by atoms with Gasteiger partial charge in [0.15, 0.2) is 0 Å². The van der Waals surface area contributed by atoms with Gasteiger partial charge in [-0.25, -0.2) is 30.0 Å². The number of hydrazine groups is 2. The smallest absolute Gasteiger partial charge is 0.240 e. The molecular formula is C20H26N8O2S2. The highest BCUT2D eigenvalue weighted by molar-refractivity contribution is 7.24. The minimum absolute atomic E-state index is 0.0405. The Labute approximate surface area is 193 Å². The highest BCUT2D eigenvalue weighted by atomic mass is 32.1. The van der Waals surface area contributed by atoms with Gasteiger partial charge in [0.1, 0.15) is 0 Å². The lowest BCUT2D eigenvalue weighted by Crippen LogP contribution is -2.54. The van der Waals surface area contributed by atoms with E-state index in [9.17, 15) is 9.59 Å². The number of carbonyl (C=O) groups is 2. The van der Waals surface area contributed by atoms with E-state index in [1.165, 1.54) is 22.7 Å². The molecule has 0 unspecified atom stereocenters. The summed E-state index contributed by atoms with van der Waals surface area (Å²) in [6.07, 6.45) is 0. The predicted octanol–water partition coefficient (Wildman–Crippen LogP) is 1.25. The summed E-state index contributed by atoms with van der Waals surface area (Å²) in [5, 5.41) is 15.5. The van der Waals surface area contributed by atoms with Crippen LogP contribution in [0.5, 0.6) is 0 Å². The Morgan fingerprint density at radius 1 is 0.781 bits per heavy atom. The number of nitrogens with zero attached hydrogens (tertiary/aromatic N) is 6. The van der Waals surface area contributed by atoms with Crippen LogP contribution >= 0.6 is 22.7 Å². The molecule has 0 atom stereocenters. The lowest BCUT2D eigenvalue weighted by atomic mass is 10.3. The maximum Gasteiger partial charge on any atom is 0.240 e. The third kappa shape index (κ3) is 4.09. The van der Waals surface area contributed by atoms with Crippen LogP contribution < -0.4 is 20.7 Å². The van der Waals surface area contributed by atoms with Crippen molar-refractivity contribution in [3.05, 3.63) is 12.1 Å². The zero-order chi connectivity index (χ0) is 22.2. The lowest BCUT2D eigenvalue weighted by molar-refractivity contribution is -0.120. The molecular weight excluding hydrogens is 448 g/mol. The molecule has 0 saturated carbocycles. The molecule has 5 rings (SSSR count). The number of piperazine rings is 2. The Morgan fingerprint density at radius 2 is 1.19 bits per heavy atom. The quantitative estimate of drug-likeness (QED) is 0.583. The number of anilines is 2. The zero-order valence-corrected chi connectivity index (χ0v) is 19.8. The normalized spacial score (nSPS) is 18.3. The van der Waals surface area contributed by atoms with Crippen molar-refractivity contribution in [3.63, 3.8) is 0 Å². The van der Waals surface area contributed by atoms with Gasteiger partial charge in [-0.2, -0.15) is 0 Å². The second kappa shape index (κ2) is 8.96. The molecule has 0 aliphatic carbocycles. The van der Waals surface area contributed by atoms with Crippen LogP contribution in [0.2, 0.25) is 0 Å². The summed E-state index contributed by atoms with van der Waals surface area (Å²) in [6, 6.07) is 4.02. The zero-order valence-electron chi connectivity index (χ0n) is 18.1. The van der Waals surface area contributed by atoms with E-state index in [1.54, 1.807) is 23.9 Å². The third-order valence-electron chi connectivity index (χ3n) is 5.59. The topological polar surface area (TPSA) is 96.9 Å². The molecule has 32 heavy (non-hydrogen) atoms. The van der Waals surface area contributed by atoms with Crippen LogP contribution in [0.15, 0.2) is 12.1 Å². The number of fused-ring (bicyclic) bond motifs is 2. The van der Waals surface area contributed by atoms with Crippen molar-refractivity contribution >= 4 is 65.2 Å². The second-order valence-electron chi connectivity index (χ2n) is 7.85. The van der Waals surface area contributed by atoms with Crippen molar-refractivity contribution in [1.29, 1.82) is 0 Å². The van der Waals surface area contributed by atoms with Gasteiger partial charge in [-0.05, 0) is 12.1 Å². The van der Waals surface area contributed by atoms with Crippen molar-refractivity contribution in [2.24, 2.45) is 0 Å². The Morgan fingerprint density at radius 3 is 1.56 bits per heavy atom. The first-order valence-electron chi connectivity index (χ1n) is 10.7. The number of thiazole rings is 2. The van der Waals surface area contributed by atoms with Gasteiger partial charge < -0.3 is 10.6 Å². The molecule has 0 radical (unpaired) electrons. The third-order valence-corrected chi connectivity index (χ3v) is 7.57. The summed E-state index contributed by atoms with van der Waals surface area (Å²) >= 11 is 3.01. The molecule has 12 heteroatoms. The standard InChI is InChI=1S/C20H26N8O2S2/c1-13(29)27(25-7-3-21-4-8-25)19-23-15-11-16-18(12-17(15)31-19)32-20(24-16)28(14(2)30)26-9-5-22-6-10-26/h11-12,21-22H,3-10H2,1-2H3. The Bertz CT molecular complexity index is 1010. The molecule has 2 fully saturated rings. The van der Waals surface area contributed by atoms with E-state index in [0.29, 0.717) is 10.3 Å². The summed E-state index contributed by atoms with van der Waals surface area (Å²) in [6.45, 7) is 9.59. The fourth-order valence-electron chi connectivity index (χ4n) is 4.12. The maximum absolute atomic E-state index is 12.4. The number of rotatable bonds is 4. The minimum Gasteiger partial charge on any atom is -0.314 e. The Kier molecular flexibility index (Phi) is 6.05. The van der Waals surface area contributed by atoms with Crippen LogP contribution in [0, 0.1) is 0 Å². The Balaban J connectivity index is 1.49. The molecule has 0 spiro atoms. The highest BCUT2D eigenvalue weighted by Crippen LogP contribution is 2.37. The number of aromatic nitrogens is 2. The molecule has 2 N–H and O–H groups in total. The summed E-state index contributed by atoms with van der Waals surface area (Å²) in [5.41, 5.74) is 1.62. The largest absolute Gasteiger partial charge is 0.314 e. The molecule has 0 bridgehead atoms. The van der Waals surface area contributed by atoms with Crippen LogP contribution in [-0.4, -0.2) is 84.2 Å². The molecule has 3 aromatic rings. The van der Waals surface area contributed by atoms with Gasteiger partial charge in [-0.15, -0.1) is 0 Å². The monoisotopic (exact) mass is 474 g/mol. The maximum atomic E-state index is 12.4. The van der Waals surface area contributed by atoms with Gasteiger partial charge in [-0.1, -0.05) is 22.7 Å². The first kappa shape index (κ1) is 21.6. The molecule has 1 aromatic carbocycles. The number of benzene rings is 1. The number of hydrogen-bond acceptors (Lipinski definition) is 10. The van der Waals surface area contributed by atoms with Crippen LogP contribution in [0.3, 0.4) is 0 Å². The van der Waals surface area contributed by atoms with Crippen LogP contribution in [0.25, 0.3) is 20.4 Å². The molecule has 4 heterocycles. The van der Waals surface area contributed by atoms with Crippen molar-refractivity contribution in [3.8, 4) is 0 Å². The van der Waals surface area contributed by atoms with Gasteiger partial charge in [0.05, 0.1) is 20.4 Å². The first-order valence-corrected chi connectivity index (χ1v) is 12.4. The predicted molar refractivity (Wildman–Crippen MR) is 128 cm³/mol. The Hall–Kier alpha value is -2.22. The van der Waals surface area contributed by atoms with Gasteiger partial charge in [0.25, 0.3) is 0 Å². The summed E-state index contributed by atoms with van der Waals surface area (Å²) < 4.78 is 2.00. The molecule has 2 aromatic heterocycles. The van der Waals surface area contributed by atoms with Gasteiger partial charge in [0.2, 0.25) is 22.1 Å². The van der Waals surface area contributed by atoms with Crippen LogP contribution in [0.4, 0.5) is 10.3 Å². The average molecular weight is 475 g/mol. The molecule has 2 aliphatic heterocycles. The van der Waals surface area contributed by atoms with E-state index in [1.807, 2.05) is 16.1 Å². The first-order chi connectivity index (χ1) is 15.5. The van der Waals surface area contributed by atoms with Crippen molar-refractivity contribution in [2.75, 3.05) is 62.4 Å². The van der Waals surface area contributed by atoms with E-state index in [2.05, 4.69) is 16.7 Å². The molecule has 2 amide bonds. The molecule has 2 saturated heterocycles. The fourth-order valence-corrected chi connectivity index (χ4v) is 6.31. The van der Waals surface area contributed by atoms with Crippen molar-refractivity contribution < 1.29 is 9.59 Å². The second-order valence-corrected chi connectivity index (χ2v) is 9.87. The summed E-state index contributed by atoms with van der Waals surface area (Å²) in [5.74, 6) is -0.0809.